The number of rotatable bonds is 7. The van der Waals surface area contributed by atoms with Crippen LogP contribution in [0, 0.1) is 0 Å². The maximum Gasteiger partial charge on any atom is 0.251 e. The number of carbonyl (C=O) groups is 1. The summed E-state index contributed by atoms with van der Waals surface area (Å²) in [5.41, 5.74) is 7.38. The zero-order valence-corrected chi connectivity index (χ0v) is 12.3. The molecule has 0 unspecified atom stereocenters. The lowest BCUT2D eigenvalue weighted by Crippen LogP contribution is -2.29. The second-order valence-corrected chi connectivity index (χ2v) is 5.62. The van der Waals surface area contributed by atoms with Crippen molar-refractivity contribution in [3.8, 4) is 0 Å². The van der Waals surface area contributed by atoms with Gasteiger partial charge >= 0.3 is 0 Å². The number of benzene rings is 1. The summed E-state index contributed by atoms with van der Waals surface area (Å²) < 4.78 is 0. The molecule has 0 bridgehead atoms. The summed E-state index contributed by atoms with van der Waals surface area (Å²) in [6.07, 6.45) is 4.67. The average molecular weight is 262 g/mol. The minimum atomic E-state index is -0.366. The van der Waals surface area contributed by atoms with Crippen LogP contribution >= 0.6 is 0 Å². The maximum atomic E-state index is 11.9. The number of carbonyl (C=O) groups excluding carboxylic acids is 1. The minimum absolute atomic E-state index is 0.00197. The van der Waals surface area contributed by atoms with Crippen molar-refractivity contribution in [1.29, 1.82) is 0 Å². The predicted molar refractivity (Wildman–Crippen MR) is 80.1 cm³/mol. The van der Waals surface area contributed by atoms with Crippen molar-refractivity contribution in [2.24, 2.45) is 5.73 Å². The maximum absolute atomic E-state index is 11.9. The summed E-state index contributed by atoms with van der Waals surface area (Å²) in [6, 6.07) is 7.52. The quantitative estimate of drug-likeness (QED) is 0.741. The van der Waals surface area contributed by atoms with Crippen molar-refractivity contribution in [3.05, 3.63) is 35.4 Å². The molecular formula is C16H26N2O. The first-order valence-corrected chi connectivity index (χ1v) is 7.12. The second-order valence-electron chi connectivity index (χ2n) is 5.62. The summed E-state index contributed by atoms with van der Waals surface area (Å²) in [7, 11) is 0. The molecule has 106 valence electrons. The molecule has 1 aromatic rings. The van der Waals surface area contributed by atoms with E-state index in [0.29, 0.717) is 5.56 Å². The first kappa shape index (κ1) is 15.7. The average Bonchev–Trinajstić information content (AvgIpc) is 2.37. The van der Waals surface area contributed by atoms with Gasteiger partial charge in [0.25, 0.3) is 5.91 Å². The Balaban J connectivity index is 2.45. The van der Waals surface area contributed by atoms with Gasteiger partial charge in [0.1, 0.15) is 0 Å². The lowest BCUT2D eigenvalue weighted by Gasteiger charge is -2.19. The van der Waals surface area contributed by atoms with Crippen LogP contribution < -0.4 is 11.1 Å². The van der Waals surface area contributed by atoms with Crippen LogP contribution in [0.2, 0.25) is 0 Å². The van der Waals surface area contributed by atoms with E-state index in [0.717, 1.165) is 18.5 Å². The second kappa shape index (κ2) is 7.29. The van der Waals surface area contributed by atoms with Crippen molar-refractivity contribution >= 4 is 5.91 Å². The van der Waals surface area contributed by atoms with Crippen molar-refractivity contribution in [2.45, 2.75) is 52.0 Å². The van der Waals surface area contributed by atoms with Crippen LogP contribution in [0.4, 0.5) is 0 Å². The third-order valence-electron chi connectivity index (χ3n) is 3.21. The Labute approximate surface area is 116 Å². The van der Waals surface area contributed by atoms with E-state index in [2.05, 4.69) is 12.2 Å². The molecule has 3 N–H and O–H groups in total. The third-order valence-corrected chi connectivity index (χ3v) is 3.21. The van der Waals surface area contributed by atoms with Gasteiger partial charge in [0.05, 0.1) is 0 Å². The van der Waals surface area contributed by atoms with E-state index < -0.39 is 0 Å². The molecule has 1 rings (SSSR count). The van der Waals surface area contributed by atoms with Gasteiger partial charge in [-0.05, 0) is 38.0 Å². The summed E-state index contributed by atoms with van der Waals surface area (Å²) in [5.74, 6) is -0.00197. The Hall–Kier alpha value is -1.35. The van der Waals surface area contributed by atoms with Crippen molar-refractivity contribution in [3.63, 3.8) is 0 Å². The highest BCUT2D eigenvalue weighted by Gasteiger charge is 2.14. The van der Waals surface area contributed by atoms with Gasteiger partial charge in [0.15, 0.2) is 0 Å². The van der Waals surface area contributed by atoms with Crippen molar-refractivity contribution in [2.75, 3.05) is 6.54 Å². The number of nitrogens with one attached hydrogen (secondary N) is 1. The molecule has 3 nitrogen and oxygen atoms in total. The molecule has 19 heavy (non-hydrogen) atoms. The molecular weight excluding hydrogens is 236 g/mol. The largest absolute Gasteiger partial charge is 0.352 e. The summed E-state index contributed by atoms with van der Waals surface area (Å²) in [6.45, 7) is 6.84. The van der Waals surface area contributed by atoms with Gasteiger partial charge in [-0.3, -0.25) is 4.79 Å². The third kappa shape index (κ3) is 5.43. The highest BCUT2D eigenvalue weighted by molar-refractivity contribution is 5.94. The molecule has 0 radical (unpaired) electrons. The van der Waals surface area contributed by atoms with Gasteiger partial charge in [-0.25, -0.2) is 0 Å². The molecule has 0 aliphatic carbocycles. The minimum Gasteiger partial charge on any atom is -0.352 e. The van der Waals surface area contributed by atoms with Crippen LogP contribution in [0.1, 0.15) is 62.4 Å². The highest BCUT2D eigenvalue weighted by Crippen LogP contribution is 2.17. The van der Waals surface area contributed by atoms with E-state index in [1.807, 2.05) is 38.1 Å². The Kier molecular flexibility index (Phi) is 6.03. The fraction of sp³-hybridized carbons (Fsp3) is 0.562. The van der Waals surface area contributed by atoms with E-state index in [4.69, 9.17) is 5.73 Å². The van der Waals surface area contributed by atoms with Gasteiger partial charge in [0.2, 0.25) is 0 Å². The topological polar surface area (TPSA) is 55.1 Å². The molecule has 0 saturated carbocycles. The molecule has 3 heteroatoms. The number of hydrogen-bond donors (Lipinski definition) is 2. The highest BCUT2D eigenvalue weighted by atomic mass is 16.1. The SMILES string of the molecule is CCCCCCNC(=O)c1ccc(C(C)(C)N)cc1. The first-order valence-electron chi connectivity index (χ1n) is 7.12. The molecule has 1 aromatic carbocycles. The standard InChI is InChI=1S/C16H26N2O/c1-4-5-6-7-12-18-15(19)13-8-10-14(11-9-13)16(2,3)17/h8-11H,4-7,12,17H2,1-3H3,(H,18,19). The molecule has 0 aliphatic heterocycles. The summed E-state index contributed by atoms with van der Waals surface area (Å²) in [4.78, 5) is 11.9. The molecule has 0 atom stereocenters. The molecule has 0 aromatic heterocycles. The zero-order valence-electron chi connectivity index (χ0n) is 12.3. The molecule has 0 spiro atoms. The van der Waals surface area contributed by atoms with Crippen LogP contribution in [0.15, 0.2) is 24.3 Å². The van der Waals surface area contributed by atoms with E-state index in [9.17, 15) is 4.79 Å². The Morgan fingerprint density at radius 3 is 2.32 bits per heavy atom. The van der Waals surface area contributed by atoms with E-state index in [-0.39, 0.29) is 11.4 Å². The van der Waals surface area contributed by atoms with E-state index in [1.165, 1.54) is 19.3 Å². The monoisotopic (exact) mass is 262 g/mol. The smallest absolute Gasteiger partial charge is 0.251 e. The Bertz CT molecular complexity index is 390. The van der Waals surface area contributed by atoms with Crippen LogP contribution in [-0.2, 0) is 5.54 Å². The van der Waals surface area contributed by atoms with Crippen LogP contribution in [0.3, 0.4) is 0 Å². The molecule has 1 amide bonds. The van der Waals surface area contributed by atoms with Crippen LogP contribution in [-0.4, -0.2) is 12.5 Å². The summed E-state index contributed by atoms with van der Waals surface area (Å²) in [5, 5.41) is 2.95. The van der Waals surface area contributed by atoms with Gasteiger partial charge in [-0.15, -0.1) is 0 Å². The predicted octanol–water partition coefficient (Wildman–Crippen LogP) is 3.19. The zero-order chi connectivity index (χ0) is 14.3. The number of nitrogens with two attached hydrogens (primary N) is 1. The molecule has 0 fully saturated rings. The van der Waals surface area contributed by atoms with Crippen LogP contribution in [0.5, 0.6) is 0 Å². The fourth-order valence-electron chi connectivity index (χ4n) is 1.91. The Morgan fingerprint density at radius 2 is 1.79 bits per heavy atom. The molecule has 0 heterocycles. The first-order chi connectivity index (χ1) is 8.95. The number of hydrogen-bond acceptors (Lipinski definition) is 2. The van der Waals surface area contributed by atoms with E-state index in [1.54, 1.807) is 0 Å². The number of unbranched alkanes of at least 4 members (excludes halogenated alkanes) is 3. The van der Waals surface area contributed by atoms with Crippen molar-refractivity contribution < 1.29 is 4.79 Å². The van der Waals surface area contributed by atoms with Gasteiger partial charge in [-0.1, -0.05) is 38.3 Å². The normalized spacial score (nSPS) is 11.4. The van der Waals surface area contributed by atoms with E-state index >= 15 is 0 Å². The molecule has 0 saturated heterocycles. The fourth-order valence-corrected chi connectivity index (χ4v) is 1.91. The lowest BCUT2D eigenvalue weighted by atomic mass is 9.95. The Morgan fingerprint density at radius 1 is 1.16 bits per heavy atom. The van der Waals surface area contributed by atoms with Gasteiger partial charge < -0.3 is 11.1 Å². The number of amides is 1. The lowest BCUT2D eigenvalue weighted by molar-refractivity contribution is 0.0953. The van der Waals surface area contributed by atoms with Crippen LogP contribution in [0.25, 0.3) is 0 Å². The summed E-state index contributed by atoms with van der Waals surface area (Å²) >= 11 is 0. The van der Waals surface area contributed by atoms with Gasteiger partial charge in [-0.2, -0.15) is 0 Å². The van der Waals surface area contributed by atoms with Crippen molar-refractivity contribution in [1.82, 2.24) is 5.32 Å². The van der Waals surface area contributed by atoms with Gasteiger partial charge in [0, 0.05) is 17.6 Å². The molecule has 0 aliphatic rings.